The third-order valence-corrected chi connectivity index (χ3v) is 6.74. The normalized spacial score (nSPS) is 23.3. The van der Waals surface area contributed by atoms with E-state index in [-0.39, 0.29) is 28.9 Å². The number of thioether (sulfide) groups is 1. The van der Waals surface area contributed by atoms with Gasteiger partial charge < -0.3 is 19.4 Å². The van der Waals surface area contributed by atoms with Gasteiger partial charge in [0.05, 0.1) is 4.87 Å². The second kappa shape index (κ2) is 7.22. The van der Waals surface area contributed by atoms with Gasteiger partial charge in [0.25, 0.3) is 0 Å². The van der Waals surface area contributed by atoms with E-state index in [0.717, 1.165) is 6.42 Å². The Bertz CT molecular complexity index is 1080. The van der Waals surface area contributed by atoms with E-state index in [9.17, 15) is 19.2 Å². The molecule has 0 aliphatic carbocycles. The number of benzene rings is 1. The van der Waals surface area contributed by atoms with Gasteiger partial charge in [-0.25, -0.2) is 9.59 Å². The molecule has 152 valence electrons. The first-order chi connectivity index (χ1) is 13.8. The van der Waals surface area contributed by atoms with Crippen LogP contribution in [0.5, 0.6) is 0 Å². The Balaban J connectivity index is 1.54. The zero-order valence-electron chi connectivity index (χ0n) is 16.0. The number of amides is 2. The van der Waals surface area contributed by atoms with E-state index in [0.29, 0.717) is 28.8 Å². The van der Waals surface area contributed by atoms with E-state index in [1.807, 2.05) is 6.92 Å². The molecule has 4 rings (SSSR count). The summed E-state index contributed by atoms with van der Waals surface area (Å²) in [5.41, 5.74) is 0.702. The summed E-state index contributed by atoms with van der Waals surface area (Å²) in [5, 5.41) is 3.23. The predicted octanol–water partition coefficient (Wildman–Crippen LogP) is 2.25. The second-order valence-electron chi connectivity index (χ2n) is 7.36. The number of fused-ring (bicyclic) bond motifs is 2. The van der Waals surface area contributed by atoms with Gasteiger partial charge in [0.1, 0.15) is 18.2 Å². The van der Waals surface area contributed by atoms with Gasteiger partial charge in [-0.3, -0.25) is 9.59 Å². The highest BCUT2D eigenvalue weighted by atomic mass is 32.2. The molecule has 2 atom stereocenters. The lowest BCUT2D eigenvalue weighted by atomic mass is 10.1. The molecule has 9 heteroatoms. The summed E-state index contributed by atoms with van der Waals surface area (Å²) in [6, 6.07) is 5.59. The van der Waals surface area contributed by atoms with Crippen molar-refractivity contribution in [2.75, 3.05) is 11.1 Å². The molecule has 1 aromatic carbocycles. The number of hydrogen-bond acceptors (Lipinski definition) is 7. The molecule has 0 unspecified atom stereocenters. The van der Waals surface area contributed by atoms with E-state index in [4.69, 9.17) is 9.15 Å². The molecule has 2 amide bonds. The molecule has 2 aliphatic heterocycles. The van der Waals surface area contributed by atoms with Gasteiger partial charge in [-0.15, -0.1) is 11.8 Å². The Morgan fingerprint density at radius 1 is 1.34 bits per heavy atom. The van der Waals surface area contributed by atoms with Crippen LogP contribution in [0.2, 0.25) is 0 Å². The van der Waals surface area contributed by atoms with Crippen molar-refractivity contribution in [1.82, 2.24) is 4.90 Å². The maximum Gasteiger partial charge on any atom is 0.336 e. The van der Waals surface area contributed by atoms with Gasteiger partial charge in [-0.1, -0.05) is 0 Å². The summed E-state index contributed by atoms with van der Waals surface area (Å²) >= 11 is 1.59. The SMILES string of the molecule is CC(=O)Nc1ccc2c(COC(=O)[C@H]3CS[C@]4(C)CCC(=O)N34)cc(=O)oc2c1. The highest BCUT2D eigenvalue weighted by molar-refractivity contribution is 8.01. The monoisotopic (exact) mass is 416 g/mol. The third kappa shape index (κ3) is 3.62. The first kappa shape index (κ1) is 19.5. The minimum absolute atomic E-state index is 0.0317. The molecule has 0 spiro atoms. The standard InChI is InChI=1S/C20H20N2O6S/c1-11(23)21-13-3-4-14-12(7-18(25)28-16(14)8-13)9-27-19(26)15-10-29-20(2)6-5-17(24)22(15)20/h3-4,7-8,15H,5-6,9-10H2,1-2H3,(H,21,23)/t15-,20-/m1/s1. The summed E-state index contributed by atoms with van der Waals surface area (Å²) in [5.74, 6) is -0.253. The largest absolute Gasteiger partial charge is 0.459 e. The van der Waals surface area contributed by atoms with Crippen molar-refractivity contribution in [3.8, 4) is 0 Å². The lowest BCUT2D eigenvalue weighted by Crippen LogP contribution is -2.46. The fourth-order valence-electron chi connectivity index (χ4n) is 3.87. The number of rotatable bonds is 4. The summed E-state index contributed by atoms with van der Waals surface area (Å²) in [6.07, 6.45) is 1.16. The molecule has 29 heavy (non-hydrogen) atoms. The summed E-state index contributed by atoms with van der Waals surface area (Å²) in [6.45, 7) is 3.24. The van der Waals surface area contributed by atoms with Crippen molar-refractivity contribution < 1.29 is 23.5 Å². The number of anilines is 1. The molecule has 2 aromatic rings. The summed E-state index contributed by atoms with van der Waals surface area (Å²) in [7, 11) is 0. The molecule has 0 saturated carbocycles. The number of ether oxygens (including phenoxy) is 1. The zero-order chi connectivity index (χ0) is 20.8. The Morgan fingerprint density at radius 2 is 2.14 bits per heavy atom. The van der Waals surface area contributed by atoms with Crippen LogP contribution in [0.1, 0.15) is 32.3 Å². The fourth-order valence-corrected chi connectivity index (χ4v) is 5.29. The van der Waals surface area contributed by atoms with Crippen molar-refractivity contribution in [1.29, 1.82) is 0 Å². The van der Waals surface area contributed by atoms with Crippen molar-refractivity contribution in [3.05, 3.63) is 40.2 Å². The van der Waals surface area contributed by atoms with Crippen LogP contribution in [0, 0.1) is 0 Å². The topological polar surface area (TPSA) is 106 Å². The minimum atomic E-state index is -0.613. The number of esters is 1. The molecule has 8 nitrogen and oxygen atoms in total. The smallest absolute Gasteiger partial charge is 0.336 e. The molecule has 3 heterocycles. The lowest BCUT2D eigenvalue weighted by molar-refractivity contribution is -0.154. The average molecular weight is 416 g/mol. The van der Waals surface area contributed by atoms with Gasteiger partial charge in [0, 0.05) is 47.9 Å². The van der Waals surface area contributed by atoms with Crippen LogP contribution in [-0.2, 0) is 25.7 Å². The van der Waals surface area contributed by atoms with E-state index >= 15 is 0 Å². The van der Waals surface area contributed by atoms with Gasteiger partial charge in [0.15, 0.2) is 0 Å². The Hall–Kier alpha value is -2.81. The van der Waals surface area contributed by atoms with E-state index in [1.165, 1.54) is 13.0 Å². The number of carbonyl (C=O) groups excluding carboxylic acids is 3. The number of nitrogens with zero attached hydrogens (tertiary/aromatic N) is 1. The molecule has 1 N–H and O–H groups in total. The molecular formula is C20H20N2O6S. The average Bonchev–Trinajstić information content (AvgIpc) is 3.14. The summed E-state index contributed by atoms with van der Waals surface area (Å²) < 4.78 is 10.7. The number of hydrogen-bond donors (Lipinski definition) is 1. The fraction of sp³-hybridized carbons (Fsp3) is 0.400. The molecule has 2 saturated heterocycles. The van der Waals surface area contributed by atoms with Crippen molar-refractivity contribution in [2.45, 2.75) is 44.2 Å². The molecule has 1 aromatic heterocycles. The molecule has 2 aliphatic rings. The zero-order valence-corrected chi connectivity index (χ0v) is 16.8. The highest BCUT2D eigenvalue weighted by Gasteiger charge is 2.53. The Kier molecular flexibility index (Phi) is 4.85. The van der Waals surface area contributed by atoms with Gasteiger partial charge >= 0.3 is 11.6 Å². The molecule has 0 radical (unpaired) electrons. The van der Waals surface area contributed by atoms with Crippen molar-refractivity contribution in [3.63, 3.8) is 0 Å². The van der Waals surface area contributed by atoms with Gasteiger partial charge in [0.2, 0.25) is 11.8 Å². The minimum Gasteiger partial charge on any atom is -0.459 e. The van der Waals surface area contributed by atoms with Crippen LogP contribution in [0.25, 0.3) is 11.0 Å². The first-order valence-electron chi connectivity index (χ1n) is 9.24. The Labute approximate surface area is 170 Å². The van der Waals surface area contributed by atoms with Crippen molar-refractivity contribution >= 4 is 46.2 Å². The first-order valence-corrected chi connectivity index (χ1v) is 10.2. The van der Waals surface area contributed by atoms with E-state index in [1.54, 1.807) is 34.9 Å². The maximum atomic E-state index is 12.7. The highest BCUT2D eigenvalue weighted by Crippen LogP contribution is 2.47. The summed E-state index contributed by atoms with van der Waals surface area (Å²) in [4.78, 5) is 49.3. The quantitative estimate of drug-likeness (QED) is 0.602. The van der Waals surface area contributed by atoms with E-state index in [2.05, 4.69) is 5.32 Å². The van der Waals surface area contributed by atoms with Crippen LogP contribution >= 0.6 is 11.8 Å². The van der Waals surface area contributed by atoms with Crippen LogP contribution in [0.15, 0.2) is 33.5 Å². The molecule has 0 bridgehead atoms. The predicted molar refractivity (Wildman–Crippen MR) is 107 cm³/mol. The van der Waals surface area contributed by atoms with Gasteiger partial charge in [-0.05, 0) is 25.5 Å². The van der Waals surface area contributed by atoms with Gasteiger partial charge in [-0.2, -0.15) is 0 Å². The van der Waals surface area contributed by atoms with Crippen LogP contribution < -0.4 is 10.9 Å². The third-order valence-electron chi connectivity index (χ3n) is 5.24. The van der Waals surface area contributed by atoms with Crippen LogP contribution in [0.3, 0.4) is 0 Å². The molecule has 2 fully saturated rings. The second-order valence-corrected chi connectivity index (χ2v) is 8.86. The van der Waals surface area contributed by atoms with Crippen molar-refractivity contribution in [2.24, 2.45) is 0 Å². The van der Waals surface area contributed by atoms with E-state index < -0.39 is 17.6 Å². The maximum absolute atomic E-state index is 12.7. The Morgan fingerprint density at radius 3 is 2.90 bits per heavy atom. The number of carbonyl (C=O) groups is 3. The van der Waals surface area contributed by atoms with Crippen LogP contribution in [-0.4, -0.2) is 39.3 Å². The lowest BCUT2D eigenvalue weighted by Gasteiger charge is -2.29. The van der Waals surface area contributed by atoms with Crippen LogP contribution in [0.4, 0.5) is 5.69 Å². The molecular weight excluding hydrogens is 396 g/mol. The number of nitrogens with one attached hydrogen (secondary N) is 1.